The quantitative estimate of drug-likeness (QED) is 0.734. The van der Waals surface area contributed by atoms with Gasteiger partial charge in [-0.05, 0) is 41.7 Å². The molecule has 27 heavy (non-hydrogen) atoms. The van der Waals surface area contributed by atoms with Crippen LogP contribution in [0.2, 0.25) is 0 Å². The first-order valence-corrected chi connectivity index (χ1v) is 11.8. The fraction of sp³-hybridized carbons (Fsp3) is 0.409. The second kappa shape index (κ2) is 9.18. The minimum absolute atomic E-state index is 0.0391. The van der Waals surface area contributed by atoms with Gasteiger partial charge in [-0.3, -0.25) is 9.69 Å². The lowest BCUT2D eigenvalue weighted by Gasteiger charge is -2.28. The third-order valence-electron chi connectivity index (χ3n) is 5.21. The van der Waals surface area contributed by atoms with E-state index in [1.165, 1.54) is 28.2 Å². The van der Waals surface area contributed by atoms with Crippen molar-refractivity contribution >= 4 is 29.4 Å². The highest BCUT2D eigenvalue weighted by Gasteiger charge is 2.18. The zero-order valence-electron chi connectivity index (χ0n) is 15.5. The van der Waals surface area contributed by atoms with Crippen LogP contribution in [0.5, 0.6) is 0 Å². The highest BCUT2D eigenvalue weighted by atomic mass is 32.2. The van der Waals surface area contributed by atoms with Crippen molar-refractivity contribution in [3.05, 3.63) is 70.8 Å². The number of hydrogen-bond donors (Lipinski definition) is 1. The summed E-state index contributed by atoms with van der Waals surface area (Å²) in [5.74, 6) is 2.48. The van der Waals surface area contributed by atoms with E-state index >= 15 is 0 Å². The van der Waals surface area contributed by atoms with Crippen LogP contribution in [0.1, 0.15) is 38.1 Å². The molecule has 1 N–H and O–H groups in total. The van der Waals surface area contributed by atoms with Gasteiger partial charge in [0.1, 0.15) is 0 Å². The minimum Gasteiger partial charge on any atom is -0.352 e. The summed E-state index contributed by atoms with van der Waals surface area (Å²) in [7, 11) is 0. The Kier molecular flexibility index (Phi) is 6.43. The number of nitrogens with one attached hydrogen (secondary N) is 1. The van der Waals surface area contributed by atoms with Crippen LogP contribution in [-0.2, 0) is 13.0 Å². The van der Waals surface area contributed by atoms with Gasteiger partial charge in [0.25, 0.3) is 5.91 Å². The lowest BCUT2D eigenvalue weighted by atomic mass is 10.00. The Morgan fingerprint density at radius 3 is 2.56 bits per heavy atom. The molecule has 1 saturated heterocycles. The molecule has 2 aliphatic rings. The number of amides is 1. The molecule has 2 aromatic rings. The van der Waals surface area contributed by atoms with Crippen LogP contribution in [0.25, 0.3) is 0 Å². The molecule has 3 nitrogen and oxygen atoms in total. The second-order valence-electron chi connectivity index (χ2n) is 7.10. The highest BCUT2D eigenvalue weighted by molar-refractivity contribution is 8.19. The second-order valence-corrected chi connectivity index (χ2v) is 9.82. The van der Waals surface area contributed by atoms with Crippen LogP contribution < -0.4 is 5.32 Å². The lowest BCUT2D eigenvalue weighted by molar-refractivity contribution is 0.0951. The SMILES string of the molecule is O=C(NCCCN1CCc2ccccc2C1)c1ccc(C2SCCS2)cc1. The number of hydrogen-bond acceptors (Lipinski definition) is 4. The van der Waals surface area contributed by atoms with Crippen LogP contribution >= 0.6 is 23.5 Å². The fourth-order valence-corrected chi connectivity index (χ4v) is 6.55. The maximum atomic E-state index is 12.4. The molecule has 4 rings (SSSR count). The maximum absolute atomic E-state index is 12.4. The summed E-state index contributed by atoms with van der Waals surface area (Å²) in [6.07, 6.45) is 2.12. The van der Waals surface area contributed by atoms with E-state index in [0.29, 0.717) is 4.58 Å². The Balaban J connectivity index is 1.20. The maximum Gasteiger partial charge on any atom is 0.251 e. The number of nitrogens with zero attached hydrogens (tertiary/aromatic N) is 1. The van der Waals surface area contributed by atoms with Gasteiger partial charge >= 0.3 is 0 Å². The molecule has 1 fully saturated rings. The molecule has 2 heterocycles. The normalized spacial score (nSPS) is 17.6. The number of thioether (sulfide) groups is 2. The van der Waals surface area contributed by atoms with E-state index in [2.05, 4.69) is 46.6 Å². The number of carbonyl (C=O) groups is 1. The Bertz CT molecular complexity index is 772. The monoisotopic (exact) mass is 398 g/mol. The molecule has 0 saturated carbocycles. The molecule has 0 unspecified atom stereocenters. The lowest BCUT2D eigenvalue weighted by Crippen LogP contribution is -2.33. The van der Waals surface area contributed by atoms with Crippen molar-refractivity contribution in [2.75, 3.05) is 31.1 Å². The van der Waals surface area contributed by atoms with Crippen LogP contribution in [0, 0.1) is 0 Å². The van der Waals surface area contributed by atoms with Gasteiger partial charge in [0.2, 0.25) is 0 Å². The number of benzene rings is 2. The van der Waals surface area contributed by atoms with E-state index in [0.717, 1.165) is 44.6 Å². The summed E-state index contributed by atoms with van der Waals surface area (Å²) in [6, 6.07) is 16.9. The summed E-state index contributed by atoms with van der Waals surface area (Å²) in [6.45, 7) is 3.91. The molecular weight excluding hydrogens is 372 g/mol. The van der Waals surface area contributed by atoms with Crippen LogP contribution in [0.15, 0.2) is 48.5 Å². The molecule has 2 aliphatic heterocycles. The molecule has 1 amide bonds. The van der Waals surface area contributed by atoms with Gasteiger partial charge < -0.3 is 5.32 Å². The summed E-state index contributed by atoms with van der Waals surface area (Å²) in [5.41, 5.74) is 5.02. The van der Waals surface area contributed by atoms with Crippen molar-refractivity contribution in [3.8, 4) is 0 Å². The third kappa shape index (κ3) is 4.89. The first-order valence-electron chi connectivity index (χ1n) is 9.70. The van der Waals surface area contributed by atoms with E-state index in [4.69, 9.17) is 0 Å². The van der Waals surface area contributed by atoms with Gasteiger partial charge in [-0.25, -0.2) is 0 Å². The topological polar surface area (TPSA) is 32.3 Å². The Morgan fingerprint density at radius 2 is 1.78 bits per heavy atom. The van der Waals surface area contributed by atoms with Gasteiger partial charge in [-0.2, -0.15) is 0 Å². The Hall–Kier alpha value is -1.43. The van der Waals surface area contributed by atoms with E-state index in [1.54, 1.807) is 0 Å². The van der Waals surface area contributed by atoms with Crippen molar-refractivity contribution in [1.29, 1.82) is 0 Å². The van der Waals surface area contributed by atoms with Crippen molar-refractivity contribution in [1.82, 2.24) is 10.2 Å². The Labute approximate surface area is 170 Å². The average Bonchev–Trinajstić information content (AvgIpc) is 3.26. The van der Waals surface area contributed by atoms with Gasteiger partial charge in [-0.1, -0.05) is 36.4 Å². The zero-order valence-corrected chi connectivity index (χ0v) is 17.2. The summed E-state index contributed by atoms with van der Waals surface area (Å²) >= 11 is 3.99. The average molecular weight is 399 g/mol. The standard InChI is InChI=1S/C22H26N2OS2/c25-21(18-6-8-19(9-7-18)22-26-14-15-27-22)23-11-3-12-24-13-10-17-4-1-2-5-20(17)16-24/h1-2,4-9,22H,3,10-16H2,(H,23,25). The summed E-state index contributed by atoms with van der Waals surface area (Å²) in [4.78, 5) is 14.8. The number of carbonyl (C=O) groups excluding carboxylic acids is 1. The minimum atomic E-state index is 0.0391. The predicted octanol–water partition coefficient (Wildman–Crippen LogP) is 4.34. The first-order chi connectivity index (χ1) is 13.3. The molecule has 0 aliphatic carbocycles. The molecule has 2 aromatic carbocycles. The Morgan fingerprint density at radius 1 is 1.04 bits per heavy atom. The van der Waals surface area contributed by atoms with Crippen molar-refractivity contribution < 1.29 is 4.79 Å². The van der Waals surface area contributed by atoms with Crippen molar-refractivity contribution in [3.63, 3.8) is 0 Å². The van der Waals surface area contributed by atoms with E-state index in [1.807, 2.05) is 35.7 Å². The van der Waals surface area contributed by atoms with Crippen LogP contribution in [0.4, 0.5) is 0 Å². The molecule has 0 radical (unpaired) electrons. The summed E-state index contributed by atoms with van der Waals surface area (Å²) < 4.78 is 0.539. The zero-order chi connectivity index (χ0) is 18.5. The van der Waals surface area contributed by atoms with Crippen LogP contribution in [-0.4, -0.2) is 41.9 Å². The third-order valence-corrected chi connectivity index (χ3v) is 8.32. The molecular formula is C22H26N2OS2. The van der Waals surface area contributed by atoms with Crippen molar-refractivity contribution in [2.24, 2.45) is 0 Å². The predicted molar refractivity (Wildman–Crippen MR) is 116 cm³/mol. The largest absolute Gasteiger partial charge is 0.352 e. The first kappa shape index (κ1) is 18.9. The molecule has 5 heteroatoms. The molecule has 142 valence electrons. The van der Waals surface area contributed by atoms with Gasteiger partial charge in [0.05, 0.1) is 4.58 Å². The number of rotatable bonds is 6. The van der Waals surface area contributed by atoms with Gasteiger partial charge in [0.15, 0.2) is 0 Å². The van der Waals surface area contributed by atoms with Gasteiger partial charge in [-0.15, -0.1) is 23.5 Å². The molecule has 0 bridgehead atoms. The molecule has 0 atom stereocenters. The highest BCUT2D eigenvalue weighted by Crippen LogP contribution is 2.45. The molecule has 0 aromatic heterocycles. The number of fused-ring (bicyclic) bond motifs is 1. The van der Waals surface area contributed by atoms with E-state index in [9.17, 15) is 4.79 Å². The van der Waals surface area contributed by atoms with Crippen LogP contribution in [0.3, 0.4) is 0 Å². The smallest absolute Gasteiger partial charge is 0.251 e. The van der Waals surface area contributed by atoms with E-state index < -0.39 is 0 Å². The summed E-state index contributed by atoms with van der Waals surface area (Å²) in [5, 5.41) is 3.07. The van der Waals surface area contributed by atoms with Crippen molar-refractivity contribution in [2.45, 2.75) is 24.0 Å². The van der Waals surface area contributed by atoms with Gasteiger partial charge in [0, 0.05) is 43.2 Å². The molecule has 0 spiro atoms. The fourth-order valence-electron chi connectivity index (χ4n) is 3.69. The van der Waals surface area contributed by atoms with E-state index in [-0.39, 0.29) is 5.91 Å².